The van der Waals surface area contributed by atoms with Crippen LogP contribution in [0.1, 0.15) is 16.7 Å². The highest BCUT2D eigenvalue weighted by molar-refractivity contribution is 7.89. The first-order chi connectivity index (χ1) is 17.8. The minimum Gasteiger partial charge on any atom is -0.368 e. The maximum absolute atomic E-state index is 13.7. The molecular weight excluding hydrogens is 506 g/mol. The fourth-order valence-electron chi connectivity index (χ4n) is 4.74. The third-order valence-electron chi connectivity index (χ3n) is 6.92. The molecule has 1 fully saturated rings. The number of amides is 1. The molecule has 1 aliphatic heterocycles. The molecule has 10 heteroatoms. The van der Waals surface area contributed by atoms with E-state index in [0.717, 1.165) is 17.3 Å². The standard InChI is InChI=1S/C27H29N5O3S2/c1-19-8-6-12-24(20(19)2)31-14-16-32(17-15-31)27(33)23(18-21-9-4-3-5-10-21)30-37(34,35)25-13-7-11-22-26(25)29-36-28-22/h3-13,23,30H,14-18H2,1-2H3/t23-/m0/s1. The number of aryl methyl sites for hydroxylation is 1. The Morgan fingerprint density at radius 3 is 2.43 bits per heavy atom. The Bertz CT molecular complexity index is 1510. The minimum atomic E-state index is -4.03. The van der Waals surface area contributed by atoms with E-state index in [1.807, 2.05) is 30.3 Å². The van der Waals surface area contributed by atoms with Gasteiger partial charge in [-0.15, -0.1) is 0 Å². The van der Waals surface area contributed by atoms with Crippen LogP contribution in [0.3, 0.4) is 0 Å². The first kappa shape index (κ1) is 25.3. The number of carbonyl (C=O) groups excluding carboxylic acids is 1. The van der Waals surface area contributed by atoms with Gasteiger partial charge in [0.1, 0.15) is 22.0 Å². The van der Waals surface area contributed by atoms with Gasteiger partial charge in [0.25, 0.3) is 0 Å². The number of anilines is 1. The van der Waals surface area contributed by atoms with Gasteiger partial charge in [-0.1, -0.05) is 48.5 Å². The fourth-order valence-corrected chi connectivity index (χ4v) is 6.70. The summed E-state index contributed by atoms with van der Waals surface area (Å²) in [6.07, 6.45) is 0.251. The van der Waals surface area contributed by atoms with Crippen LogP contribution in [0.15, 0.2) is 71.6 Å². The van der Waals surface area contributed by atoms with Gasteiger partial charge in [-0.2, -0.15) is 13.5 Å². The van der Waals surface area contributed by atoms with Gasteiger partial charge < -0.3 is 9.80 Å². The molecule has 2 heterocycles. The molecule has 8 nitrogen and oxygen atoms in total. The van der Waals surface area contributed by atoms with Crippen LogP contribution >= 0.6 is 11.7 Å². The molecule has 1 aliphatic rings. The highest BCUT2D eigenvalue weighted by atomic mass is 32.2. The second kappa shape index (κ2) is 10.6. The second-order valence-electron chi connectivity index (χ2n) is 9.28. The number of nitrogens with one attached hydrogen (secondary N) is 1. The SMILES string of the molecule is Cc1cccc(N2CCN(C(=O)[C@H](Cc3ccccc3)NS(=O)(=O)c3cccc4nsnc34)CC2)c1C. The summed E-state index contributed by atoms with van der Waals surface area (Å²) in [5.41, 5.74) is 5.36. The van der Waals surface area contributed by atoms with Crippen molar-refractivity contribution in [3.8, 4) is 0 Å². The van der Waals surface area contributed by atoms with Crippen molar-refractivity contribution in [2.24, 2.45) is 0 Å². The summed E-state index contributed by atoms with van der Waals surface area (Å²) in [5, 5.41) is 0. The van der Waals surface area contributed by atoms with E-state index >= 15 is 0 Å². The number of piperazine rings is 1. The lowest BCUT2D eigenvalue weighted by Gasteiger charge is -2.38. The molecule has 0 aliphatic carbocycles. The zero-order valence-electron chi connectivity index (χ0n) is 20.8. The number of carbonyl (C=O) groups is 1. The van der Waals surface area contributed by atoms with Crippen molar-refractivity contribution in [2.45, 2.75) is 31.2 Å². The van der Waals surface area contributed by atoms with E-state index in [1.54, 1.807) is 17.0 Å². The van der Waals surface area contributed by atoms with Crippen LogP contribution in [-0.2, 0) is 21.2 Å². The maximum Gasteiger partial charge on any atom is 0.243 e. The van der Waals surface area contributed by atoms with Crippen molar-refractivity contribution in [1.29, 1.82) is 0 Å². The molecule has 1 saturated heterocycles. The zero-order valence-corrected chi connectivity index (χ0v) is 22.4. The molecule has 1 aromatic heterocycles. The summed E-state index contributed by atoms with van der Waals surface area (Å²) >= 11 is 0.962. The highest BCUT2D eigenvalue weighted by Crippen LogP contribution is 2.25. The summed E-state index contributed by atoms with van der Waals surface area (Å²) in [4.78, 5) is 17.8. The van der Waals surface area contributed by atoms with Gasteiger partial charge in [0.2, 0.25) is 15.9 Å². The smallest absolute Gasteiger partial charge is 0.243 e. The number of hydrogen-bond donors (Lipinski definition) is 1. The quantitative estimate of drug-likeness (QED) is 0.389. The van der Waals surface area contributed by atoms with Crippen LogP contribution in [-0.4, -0.2) is 60.2 Å². The Hall–Kier alpha value is -3.34. The summed E-state index contributed by atoms with van der Waals surface area (Å²) in [6.45, 7) is 6.62. The lowest BCUT2D eigenvalue weighted by Crippen LogP contribution is -2.55. The van der Waals surface area contributed by atoms with Gasteiger partial charge in [-0.3, -0.25) is 4.79 Å². The predicted molar refractivity (Wildman–Crippen MR) is 146 cm³/mol. The van der Waals surface area contributed by atoms with Gasteiger partial charge in [-0.05, 0) is 55.2 Å². The van der Waals surface area contributed by atoms with Crippen molar-refractivity contribution < 1.29 is 13.2 Å². The molecule has 1 amide bonds. The van der Waals surface area contributed by atoms with Gasteiger partial charge in [-0.25, -0.2) is 8.42 Å². The molecule has 1 atom stereocenters. The molecule has 3 aromatic carbocycles. The molecule has 37 heavy (non-hydrogen) atoms. The van der Waals surface area contributed by atoms with Crippen LogP contribution in [0.2, 0.25) is 0 Å². The number of fused-ring (bicyclic) bond motifs is 1. The third-order valence-corrected chi connectivity index (χ3v) is 8.97. The molecule has 0 saturated carbocycles. The first-order valence-corrected chi connectivity index (χ1v) is 14.4. The lowest BCUT2D eigenvalue weighted by molar-refractivity contribution is -0.133. The van der Waals surface area contributed by atoms with Crippen molar-refractivity contribution in [2.75, 3.05) is 31.1 Å². The predicted octanol–water partition coefficient (Wildman–Crippen LogP) is 3.55. The van der Waals surface area contributed by atoms with Gasteiger partial charge in [0.15, 0.2) is 0 Å². The van der Waals surface area contributed by atoms with Crippen LogP contribution in [0.25, 0.3) is 11.0 Å². The summed E-state index contributed by atoms with van der Waals surface area (Å²) in [5.74, 6) is -0.225. The molecular formula is C27H29N5O3S2. The molecule has 0 spiro atoms. The monoisotopic (exact) mass is 535 g/mol. The van der Waals surface area contributed by atoms with Crippen molar-refractivity contribution in [3.63, 3.8) is 0 Å². The van der Waals surface area contributed by atoms with Crippen molar-refractivity contribution in [3.05, 3.63) is 83.4 Å². The van der Waals surface area contributed by atoms with Gasteiger partial charge in [0, 0.05) is 31.9 Å². The van der Waals surface area contributed by atoms with E-state index in [-0.39, 0.29) is 17.2 Å². The zero-order chi connectivity index (χ0) is 26.0. The Morgan fingerprint density at radius 1 is 0.946 bits per heavy atom. The van der Waals surface area contributed by atoms with E-state index in [4.69, 9.17) is 0 Å². The summed E-state index contributed by atoms with van der Waals surface area (Å²) in [7, 11) is -4.03. The molecule has 1 N–H and O–H groups in total. The summed E-state index contributed by atoms with van der Waals surface area (Å²) in [6, 6.07) is 19.6. The van der Waals surface area contributed by atoms with Gasteiger partial charge >= 0.3 is 0 Å². The maximum atomic E-state index is 13.7. The van der Waals surface area contributed by atoms with E-state index in [0.29, 0.717) is 37.2 Å². The Balaban J connectivity index is 1.37. The molecule has 0 bridgehead atoms. The normalized spacial score (nSPS) is 15.2. The molecule has 4 aromatic rings. The average Bonchev–Trinajstić information content (AvgIpc) is 3.39. The van der Waals surface area contributed by atoms with Crippen LogP contribution in [0.5, 0.6) is 0 Å². The Labute approximate surface area is 221 Å². The first-order valence-electron chi connectivity index (χ1n) is 12.2. The molecule has 0 radical (unpaired) electrons. The Kier molecular flexibility index (Phi) is 7.23. The van der Waals surface area contributed by atoms with Crippen molar-refractivity contribution >= 4 is 44.4 Å². The van der Waals surface area contributed by atoms with Crippen LogP contribution in [0, 0.1) is 13.8 Å². The minimum absolute atomic E-state index is 0.0318. The highest BCUT2D eigenvalue weighted by Gasteiger charge is 2.32. The lowest BCUT2D eigenvalue weighted by atomic mass is 10.0. The number of benzene rings is 3. The summed E-state index contributed by atoms with van der Waals surface area (Å²) < 4.78 is 38.0. The number of nitrogens with zero attached hydrogens (tertiary/aromatic N) is 4. The van der Waals surface area contributed by atoms with E-state index in [2.05, 4.69) is 50.4 Å². The Morgan fingerprint density at radius 2 is 1.68 bits per heavy atom. The number of hydrogen-bond acceptors (Lipinski definition) is 7. The van der Waals surface area contributed by atoms with E-state index in [9.17, 15) is 13.2 Å². The molecule has 5 rings (SSSR count). The molecule has 192 valence electrons. The fraction of sp³-hybridized carbons (Fsp3) is 0.296. The van der Waals surface area contributed by atoms with Crippen LogP contribution in [0.4, 0.5) is 5.69 Å². The largest absolute Gasteiger partial charge is 0.368 e. The van der Waals surface area contributed by atoms with E-state index in [1.165, 1.54) is 22.9 Å². The molecule has 0 unspecified atom stereocenters. The van der Waals surface area contributed by atoms with Crippen LogP contribution < -0.4 is 9.62 Å². The number of rotatable bonds is 7. The number of aromatic nitrogens is 2. The number of sulfonamides is 1. The van der Waals surface area contributed by atoms with Gasteiger partial charge in [0.05, 0.1) is 11.7 Å². The van der Waals surface area contributed by atoms with Crippen molar-refractivity contribution in [1.82, 2.24) is 18.4 Å². The van der Waals surface area contributed by atoms with E-state index < -0.39 is 16.1 Å². The third kappa shape index (κ3) is 5.36. The topological polar surface area (TPSA) is 95.5 Å². The average molecular weight is 536 g/mol. The second-order valence-corrected chi connectivity index (χ2v) is 11.5.